The van der Waals surface area contributed by atoms with E-state index in [1.165, 1.54) is 19.3 Å². The lowest BCUT2D eigenvalue weighted by Gasteiger charge is -2.04. The number of carbonyl (C=O) groups excluding carboxylic acids is 1. The molecule has 6 nitrogen and oxygen atoms in total. The zero-order chi connectivity index (χ0) is 18.5. The molecule has 0 unspecified atom stereocenters. The molecule has 3 aromatic heterocycles. The minimum Gasteiger partial charge on any atom is -0.382 e. The molecule has 0 atom stereocenters. The first-order chi connectivity index (χ1) is 12.8. The minimum absolute atomic E-state index is 0.243. The lowest BCUT2D eigenvalue weighted by Crippen LogP contribution is -1.95. The smallest absolute Gasteiger partial charge is 0.170 e. The first kappa shape index (κ1) is 17.6. The summed E-state index contributed by atoms with van der Waals surface area (Å²) >= 11 is 0. The van der Waals surface area contributed by atoms with E-state index in [0.29, 0.717) is 18.5 Å². The van der Waals surface area contributed by atoms with Crippen molar-refractivity contribution in [3.8, 4) is 11.1 Å². The van der Waals surface area contributed by atoms with Crippen LogP contribution in [0.2, 0.25) is 0 Å². The largest absolute Gasteiger partial charge is 0.382 e. The fourth-order valence-corrected chi connectivity index (χ4v) is 2.49. The number of imidazole rings is 1. The van der Waals surface area contributed by atoms with Crippen molar-refractivity contribution >= 4 is 28.7 Å². The summed E-state index contributed by atoms with van der Waals surface area (Å²) in [6, 6.07) is 9.82. The molecule has 0 saturated heterocycles. The molecule has 134 valence electrons. The van der Waals surface area contributed by atoms with Gasteiger partial charge in [0, 0.05) is 11.6 Å². The van der Waals surface area contributed by atoms with Gasteiger partial charge in [0.15, 0.2) is 12.1 Å². The number of hydrogen-bond donors (Lipinski definition) is 2. The Morgan fingerprint density at radius 2 is 1.88 bits per heavy atom. The number of alkyl halides is 1. The zero-order valence-corrected chi connectivity index (χ0v) is 14.4. The van der Waals surface area contributed by atoms with Crippen LogP contribution in [0.1, 0.15) is 29.8 Å². The minimum atomic E-state index is 0.243. The van der Waals surface area contributed by atoms with Gasteiger partial charge in [0.05, 0.1) is 18.9 Å². The molecule has 4 aromatic rings. The highest BCUT2D eigenvalue weighted by molar-refractivity contribution is 5.85. The molecule has 0 aliphatic heterocycles. The highest BCUT2D eigenvalue weighted by Crippen LogP contribution is 2.25. The number of nitrogen functional groups attached to an aromatic ring is 1. The van der Waals surface area contributed by atoms with Gasteiger partial charge in [-0.2, -0.15) is 5.10 Å². The Bertz CT molecular complexity index is 1030. The number of nitrogens with zero attached hydrogens (tertiary/aromatic N) is 3. The van der Waals surface area contributed by atoms with Crippen molar-refractivity contribution in [2.75, 3.05) is 12.9 Å². The summed E-state index contributed by atoms with van der Waals surface area (Å²) in [6.45, 7) is 0. The normalized spacial score (nSPS) is 12.1. The number of carbonyl (C=O) groups is 1. The molecular weight excluding hydrogens is 333 g/mol. The number of aromatic amines is 1. The molecule has 7 heteroatoms. The molecule has 1 fully saturated rings. The monoisotopic (exact) mass is 353 g/mol. The molecule has 1 aliphatic rings. The molecular formula is C19H20FN5O. The average Bonchev–Trinajstić information content (AvgIpc) is 3.43. The Hall–Kier alpha value is -3.22. The molecule has 1 saturated carbocycles. The average molecular weight is 353 g/mol. The van der Waals surface area contributed by atoms with Crippen molar-refractivity contribution in [1.29, 1.82) is 0 Å². The fourth-order valence-electron chi connectivity index (χ4n) is 2.49. The SMILES string of the molecule is C1CC1.CF.Nc1nc2ccc(-c3ccc4[nH]ncc4c3)cn2c1C=O. The number of rotatable bonds is 2. The third-order valence-electron chi connectivity index (χ3n) is 3.92. The highest BCUT2D eigenvalue weighted by atomic mass is 19.1. The number of fused-ring (bicyclic) bond motifs is 2. The lowest BCUT2D eigenvalue weighted by atomic mass is 10.1. The van der Waals surface area contributed by atoms with E-state index in [9.17, 15) is 9.18 Å². The van der Waals surface area contributed by atoms with Gasteiger partial charge in [-0.25, -0.2) is 4.98 Å². The Labute approximate surface area is 149 Å². The van der Waals surface area contributed by atoms with Gasteiger partial charge in [0.1, 0.15) is 11.3 Å². The van der Waals surface area contributed by atoms with Gasteiger partial charge in [0.25, 0.3) is 0 Å². The summed E-state index contributed by atoms with van der Waals surface area (Å²) in [7, 11) is 0.500. The van der Waals surface area contributed by atoms with E-state index in [1.54, 1.807) is 10.6 Å². The predicted molar refractivity (Wildman–Crippen MR) is 101 cm³/mol. The number of benzene rings is 1. The molecule has 3 heterocycles. The zero-order valence-electron chi connectivity index (χ0n) is 14.4. The standard InChI is InChI=1S/C15H11N5O.C3H6.CH3F/c16-15-13(8-21)20-7-10(2-4-14(20)18-15)9-1-3-12-11(5-9)6-17-19-12;1-2-3-1;1-2/h1-8H,16H2,(H,17,19);1-3H2;1H3. The summed E-state index contributed by atoms with van der Waals surface area (Å²) in [5.74, 6) is 0.243. The van der Waals surface area contributed by atoms with E-state index < -0.39 is 0 Å². The second-order valence-corrected chi connectivity index (χ2v) is 5.88. The van der Waals surface area contributed by atoms with Crippen molar-refractivity contribution < 1.29 is 9.18 Å². The molecule has 3 N–H and O–H groups in total. The van der Waals surface area contributed by atoms with Crippen LogP contribution in [-0.2, 0) is 0 Å². The third kappa shape index (κ3) is 3.56. The number of anilines is 1. The number of nitrogens with one attached hydrogen (secondary N) is 1. The van der Waals surface area contributed by atoms with Crippen molar-refractivity contribution in [3.05, 3.63) is 48.4 Å². The Morgan fingerprint density at radius 1 is 1.15 bits per heavy atom. The number of pyridine rings is 1. The van der Waals surface area contributed by atoms with Crippen LogP contribution in [0.4, 0.5) is 10.2 Å². The molecule has 1 aromatic carbocycles. The van der Waals surface area contributed by atoms with Crippen LogP contribution in [0.15, 0.2) is 42.7 Å². The van der Waals surface area contributed by atoms with Crippen molar-refractivity contribution in [3.63, 3.8) is 0 Å². The molecule has 5 rings (SSSR count). The number of aldehydes is 1. The van der Waals surface area contributed by atoms with E-state index in [0.717, 1.165) is 28.3 Å². The number of aromatic nitrogens is 4. The van der Waals surface area contributed by atoms with Crippen LogP contribution in [-0.4, -0.2) is 33.0 Å². The van der Waals surface area contributed by atoms with Crippen molar-refractivity contribution in [2.24, 2.45) is 0 Å². The molecule has 0 radical (unpaired) electrons. The van der Waals surface area contributed by atoms with E-state index in [2.05, 4.69) is 15.2 Å². The van der Waals surface area contributed by atoms with Gasteiger partial charge in [-0.05, 0) is 35.4 Å². The lowest BCUT2D eigenvalue weighted by molar-refractivity contribution is 0.111. The quantitative estimate of drug-likeness (QED) is 0.533. The Balaban J connectivity index is 0.000000348. The number of hydrogen-bond acceptors (Lipinski definition) is 4. The van der Waals surface area contributed by atoms with Gasteiger partial charge in [0.2, 0.25) is 0 Å². The first-order valence-corrected chi connectivity index (χ1v) is 8.30. The van der Waals surface area contributed by atoms with Crippen molar-refractivity contribution in [1.82, 2.24) is 19.6 Å². The molecule has 0 bridgehead atoms. The van der Waals surface area contributed by atoms with E-state index >= 15 is 0 Å². The maximum atomic E-state index is 11.1. The summed E-state index contributed by atoms with van der Waals surface area (Å²) < 4.78 is 11.2. The number of nitrogens with two attached hydrogens (primary N) is 1. The fraction of sp³-hybridized carbons (Fsp3) is 0.211. The molecule has 26 heavy (non-hydrogen) atoms. The van der Waals surface area contributed by atoms with Gasteiger partial charge in [-0.1, -0.05) is 25.3 Å². The van der Waals surface area contributed by atoms with E-state index in [-0.39, 0.29) is 5.82 Å². The van der Waals surface area contributed by atoms with Crippen molar-refractivity contribution in [2.45, 2.75) is 19.3 Å². The summed E-state index contributed by atoms with van der Waals surface area (Å²) in [5, 5.41) is 7.97. The van der Waals surface area contributed by atoms with Crippen LogP contribution >= 0.6 is 0 Å². The van der Waals surface area contributed by atoms with E-state index in [1.807, 2.05) is 36.5 Å². The number of halogens is 1. The summed E-state index contributed by atoms with van der Waals surface area (Å²) in [5.41, 5.74) is 9.77. The number of H-pyrrole nitrogens is 1. The van der Waals surface area contributed by atoms with Gasteiger partial charge in [-0.3, -0.25) is 18.7 Å². The third-order valence-corrected chi connectivity index (χ3v) is 3.92. The van der Waals surface area contributed by atoms with Crippen LogP contribution in [0.5, 0.6) is 0 Å². The van der Waals surface area contributed by atoms with Crippen LogP contribution in [0, 0.1) is 0 Å². The van der Waals surface area contributed by atoms with Gasteiger partial charge < -0.3 is 5.73 Å². The summed E-state index contributed by atoms with van der Waals surface area (Å²) in [4.78, 5) is 15.3. The Kier molecular flexibility index (Phi) is 5.26. The molecule has 0 amide bonds. The Morgan fingerprint density at radius 3 is 2.58 bits per heavy atom. The molecule has 1 aliphatic carbocycles. The van der Waals surface area contributed by atoms with Crippen LogP contribution in [0.25, 0.3) is 27.7 Å². The van der Waals surface area contributed by atoms with Gasteiger partial charge in [-0.15, -0.1) is 0 Å². The van der Waals surface area contributed by atoms with Crippen LogP contribution in [0.3, 0.4) is 0 Å². The molecule has 0 spiro atoms. The second-order valence-electron chi connectivity index (χ2n) is 5.88. The van der Waals surface area contributed by atoms with E-state index in [4.69, 9.17) is 5.73 Å². The van der Waals surface area contributed by atoms with Crippen LogP contribution < -0.4 is 5.73 Å². The topological polar surface area (TPSA) is 89.1 Å². The van der Waals surface area contributed by atoms with Gasteiger partial charge >= 0.3 is 0 Å². The second kappa shape index (κ2) is 7.77. The maximum Gasteiger partial charge on any atom is 0.170 e. The summed E-state index contributed by atoms with van der Waals surface area (Å²) in [6.07, 6.45) is 8.87. The first-order valence-electron chi connectivity index (χ1n) is 8.30. The highest BCUT2D eigenvalue weighted by Gasteiger charge is 2.10. The predicted octanol–water partition coefficient (Wildman–Crippen LogP) is 4.03. The maximum absolute atomic E-state index is 11.1.